The van der Waals surface area contributed by atoms with Crippen LogP contribution >= 0.6 is 0 Å². The number of benzene rings is 1. The zero-order valence-corrected chi connectivity index (χ0v) is 13.7. The van der Waals surface area contributed by atoms with E-state index in [1.54, 1.807) is 19.2 Å². The highest BCUT2D eigenvalue weighted by Crippen LogP contribution is 2.40. The van der Waals surface area contributed by atoms with Crippen molar-refractivity contribution < 1.29 is 14.2 Å². The zero-order chi connectivity index (χ0) is 17.4. The molecule has 7 heteroatoms. The molecule has 1 aliphatic rings. The maximum absolute atomic E-state index is 13.8. The number of nitrogens with zero attached hydrogens (tertiary/aromatic N) is 4. The largest absolute Gasteiger partial charge is 0.496 e. The first-order valence-electron chi connectivity index (χ1n) is 8.08. The van der Waals surface area contributed by atoms with Gasteiger partial charge in [0.25, 0.3) is 0 Å². The molecule has 1 fully saturated rings. The van der Waals surface area contributed by atoms with E-state index in [1.807, 2.05) is 6.07 Å². The van der Waals surface area contributed by atoms with Gasteiger partial charge in [0.15, 0.2) is 5.52 Å². The molecule has 128 valence electrons. The maximum Gasteiger partial charge on any atom is 0.241 e. The van der Waals surface area contributed by atoms with Crippen molar-refractivity contribution in [1.82, 2.24) is 15.0 Å². The van der Waals surface area contributed by atoms with Gasteiger partial charge in [-0.05, 0) is 43.2 Å². The lowest BCUT2D eigenvalue weighted by Crippen LogP contribution is -2.24. The van der Waals surface area contributed by atoms with Crippen molar-refractivity contribution in [2.24, 2.45) is 0 Å². The van der Waals surface area contributed by atoms with E-state index in [1.165, 1.54) is 18.5 Å². The number of aromatic nitrogens is 3. The van der Waals surface area contributed by atoms with Crippen molar-refractivity contribution in [3.8, 4) is 11.6 Å². The van der Waals surface area contributed by atoms with Crippen LogP contribution < -0.4 is 9.64 Å². The highest BCUT2D eigenvalue weighted by atomic mass is 19.1. The molecule has 25 heavy (non-hydrogen) atoms. The minimum atomic E-state index is -0.292. The highest BCUT2D eigenvalue weighted by molar-refractivity contribution is 5.80. The van der Waals surface area contributed by atoms with Gasteiger partial charge in [-0.3, -0.25) is 0 Å². The average molecular weight is 340 g/mol. The van der Waals surface area contributed by atoms with E-state index in [9.17, 15) is 9.50 Å². The Kier molecular flexibility index (Phi) is 3.83. The third-order valence-corrected chi connectivity index (χ3v) is 4.55. The van der Waals surface area contributed by atoms with E-state index in [-0.39, 0.29) is 17.7 Å². The molecule has 1 N–H and O–H groups in total. The number of fused-ring (bicyclic) bond motifs is 1. The third kappa shape index (κ3) is 2.71. The van der Waals surface area contributed by atoms with E-state index < -0.39 is 0 Å². The van der Waals surface area contributed by atoms with E-state index in [2.05, 4.69) is 19.9 Å². The average Bonchev–Trinajstić information content (AvgIpc) is 3.11. The topological polar surface area (TPSA) is 71.4 Å². The van der Waals surface area contributed by atoms with Gasteiger partial charge in [0.1, 0.15) is 23.7 Å². The van der Waals surface area contributed by atoms with Gasteiger partial charge in [-0.2, -0.15) is 0 Å². The molecule has 0 radical (unpaired) electrons. The molecule has 0 amide bonds. The predicted octanol–water partition coefficient (Wildman–Crippen LogP) is 3.22. The normalized spacial score (nSPS) is 17.2. The van der Waals surface area contributed by atoms with Crippen molar-refractivity contribution in [3.05, 3.63) is 48.0 Å². The van der Waals surface area contributed by atoms with E-state index in [4.69, 9.17) is 4.74 Å². The molecule has 1 unspecified atom stereocenters. The summed E-state index contributed by atoms with van der Waals surface area (Å²) in [5.74, 6) is 0.919. The van der Waals surface area contributed by atoms with Gasteiger partial charge in [-0.25, -0.2) is 19.3 Å². The molecule has 0 aliphatic carbocycles. The Morgan fingerprint density at radius 3 is 2.96 bits per heavy atom. The third-order valence-electron chi connectivity index (χ3n) is 4.55. The summed E-state index contributed by atoms with van der Waals surface area (Å²) in [4.78, 5) is 14.5. The van der Waals surface area contributed by atoms with Crippen LogP contribution in [0.15, 0.2) is 36.7 Å². The smallest absolute Gasteiger partial charge is 0.241 e. The number of ether oxygens (including phenoxy) is 1. The van der Waals surface area contributed by atoms with Gasteiger partial charge in [0.05, 0.1) is 18.7 Å². The first-order chi connectivity index (χ1) is 12.2. The summed E-state index contributed by atoms with van der Waals surface area (Å²) < 4.78 is 19.2. The van der Waals surface area contributed by atoms with Crippen LogP contribution in [-0.4, -0.2) is 33.7 Å². The fourth-order valence-electron chi connectivity index (χ4n) is 3.41. The molecule has 1 aliphatic heterocycles. The van der Waals surface area contributed by atoms with Crippen LogP contribution in [0.5, 0.6) is 11.6 Å². The minimum absolute atomic E-state index is 0.0395. The van der Waals surface area contributed by atoms with Crippen LogP contribution in [0.1, 0.15) is 24.4 Å². The summed E-state index contributed by atoms with van der Waals surface area (Å²) in [6, 6.07) is 8.18. The number of methoxy groups -OCH3 is 1. The SMILES string of the molecule is COc1ccc(F)cc1C1CCCN1c1ccc2ncnc(O)c2n1. The van der Waals surface area contributed by atoms with Crippen molar-refractivity contribution >= 4 is 16.9 Å². The van der Waals surface area contributed by atoms with Crippen LogP contribution in [0.2, 0.25) is 0 Å². The Bertz CT molecular complexity index is 934. The summed E-state index contributed by atoms with van der Waals surface area (Å²) in [7, 11) is 1.58. The monoisotopic (exact) mass is 340 g/mol. The lowest BCUT2D eigenvalue weighted by atomic mass is 10.0. The Morgan fingerprint density at radius 1 is 1.24 bits per heavy atom. The molecule has 3 aromatic rings. The maximum atomic E-state index is 13.8. The van der Waals surface area contributed by atoms with E-state index in [0.29, 0.717) is 22.6 Å². The number of hydrogen-bond donors (Lipinski definition) is 1. The van der Waals surface area contributed by atoms with Gasteiger partial charge in [0, 0.05) is 12.1 Å². The number of halogens is 1. The molecule has 1 aromatic carbocycles. The van der Waals surface area contributed by atoms with Gasteiger partial charge in [0.2, 0.25) is 5.88 Å². The van der Waals surface area contributed by atoms with Crippen LogP contribution in [0.25, 0.3) is 11.0 Å². The number of rotatable bonds is 3. The fourth-order valence-corrected chi connectivity index (χ4v) is 3.41. The number of aromatic hydroxyl groups is 1. The Labute approximate surface area is 143 Å². The van der Waals surface area contributed by atoms with Crippen molar-refractivity contribution in [2.45, 2.75) is 18.9 Å². The Morgan fingerprint density at radius 2 is 2.12 bits per heavy atom. The Balaban J connectivity index is 1.77. The molecule has 4 rings (SSSR count). The second-order valence-corrected chi connectivity index (χ2v) is 5.97. The fraction of sp³-hybridized carbons (Fsp3) is 0.278. The van der Waals surface area contributed by atoms with Gasteiger partial charge in [-0.1, -0.05) is 0 Å². The summed E-state index contributed by atoms with van der Waals surface area (Å²) in [6.45, 7) is 0.789. The molecule has 6 nitrogen and oxygen atoms in total. The molecular formula is C18H17FN4O2. The molecule has 0 spiro atoms. The van der Waals surface area contributed by atoms with Crippen LogP contribution in [0.4, 0.5) is 10.2 Å². The first kappa shape index (κ1) is 15.6. The summed E-state index contributed by atoms with van der Waals surface area (Å²) in [6.07, 6.45) is 3.13. The second kappa shape index (κ2) is 6.16. The van der Waals surface area contributed by atoms with Crippen LogP contribution in [-0.2, 0) is 0 Å². The summed E-state index contributed by atoms with van der Waals surface area (Å²) >= 11 is 0. The molecule has 2 aromatic heterocycles. The molecule has 0 bridgehead atoms. The van der Waals surface area contributed by atoms with Gasteiger partial charge >= 0.3 is 0 Å². The van der Waals surface area contributed by atoms with Crippen LogP contribution in [0.3, 0.4) is 0 Å². The predicted molar refractivity (Wildman–Crippen MR) is 91.3 cm³/mol. The minimum Gasteiger partial charge on any atom is -0.496 e. The standard InChI is InChI=1S/C18H17FN4O2/c1-25-15-6-4-11(19)9-12(15)14-3-2-8-23(14)16-7-5-13-17(22-16)18(24)21-10-20-13/h4-7,9-10,14H,2-3,8H2,1H3,(H,20,21,24). The molecule has 3 heterocycles. The molecule has 1 saturated heterocycles. The van der Waals surface area contributed by atoms with Crippen molar-refractivity contribution in [1.29, 1.82) is 0 Å². The first-order valence-corrected chi connectivity index (χ1v) is 8.08. The van der Waals surface area contributed by atoms with Crippen molar-refractivity contribution in [2.75, 3.05) is 18.6 Å². The molecular weight excluding hydrogens is 323 g/mol. The van der Waals surface area contributed by atoms with E-state index in [0.717, 1.165) is 24.9 Å². The van der Waals surface area contributed by atoms with E-state index >= 15 is 0 Å². The summed E-state index contributed by atoms with van der Waals surface area (Å²) in [5.41, 5.74) is 1.74. The second-order valence-electron chi connectivity index (χ2n) is 5.97. The lowest BCUT2D eigenvalue weighted by Gasteiger charge is -2.27. The number of hydrogen-bond acceptors (Lipinski definition) is 6. The van der Waals surface area contributed by atoms with Crippen LogP contribution in [0, 0.1) is 5.82 Å². The quantitative estimate of drug-likeness (QED) is 0.789. The molecule has 1 atom stereocenters. The van der Waals surface area contributed by atoms with Gasteiger partial charge in [-0.15, -0.1) is 0 Å². The number of pyridine rings is 1. The van der Waals surface area contributed by atoms with Gasteiger partial charge < -0.3 is 14.7 Å². The highest BCUT2D eigenvalue weighted by Gasteiger charge is 2.30. The van der Waals surface area contributed by atoms with Crippen molar-refractivity contribution in [3.63, 3.8) is 0 Å². The zero-order valence-electron chi connectivity index (χ0n) is 13.7. The summed E-state index contributed by atoms with van der Waals surface area (Å²) in [5, 5.41) is 9.94. The Hall–Kier alpha value is -2.96. The lowest BCUT2D eigenvalue weighted by molar-refractivity contribution is 0.404. The molecule has 0 saturated carbocycles. The number of anilines is 1.